The van der Waals surface area contributed by atoms with Crippen LogP contribution in [-0.4, -0.2) is 50.7 Å². The SMILES string of the molecule is CCCCCCCCCCCCCCCC(=O)O[C@H]1[C@H](O)[C@H](n2cc(N)c(N)nc2=O)O[C@@H]1CO. The summed E-state index contributed by atoms with van der Waals surface area (Å²) in [5.74, 6) is -0.597. The predicted molar refractivity (Wildman–Crippen MR) is 135 cm³/mol. The van der Waals surface area contributed by atoms with E-state index in [0.29, 0.717) is 6.42 Å². The highest BCUT2D eigenvalue weighted by atomic mass is 16.6. The summed E-state index contributed by atoms with van der Waals surface area (Å²) in [5, 5.41) is 20.3. The first-order valence-electron chi connectivity index (χ1n) is 13.2. The Morgan fingerprint density at radius 1 is 1.03 bits per heavy atom. The lowest BCUT2D eigenvalue weighted by atomic mass is 10.0. The van der Waals surface area contributed by atoms with Crippen molar-refractivity contribution >= 4 is 17.5 Å². The number of aliphatic hydroxyl groups is 2. The van der Waals surface area contributed by atoms with E-state index < -0.39 is 42.8 Å². The molecule has 1 saturated heterocycles. The van der Waals surface area contributed by atoms with Crippen molar-refractivity contribution in [2.24, 2.45) is 0 Å². The third-order valence-corrected chi connectivity index (χ3v) is 6.53. The average molecular weight is 497 g/mol. The van der Waals surface area contributed by atoms with Crippen LogP contribution in [0.15, 0.2) is 11.0 Å². The molecule has 1 aliphatic heterocycles. The Hall–Kier alpha value is -2.17. The molecular weight excluding hydrogens is 452 g/mol. The molecule has 35 heavy (non-hydrogen) atoms. The standard InChI is InChI=1S/C25H44N4O6/c1-2-3-4-5-6-7-8-9-10-11-12-13-14-15-20(31)35-22-19(17-30)34-24(21(22)32)29-16-18(26)23(27)28-25(29)33/h16,19,21-22,24,30,32H,2-15,17,26H2,1H3,(H2,27,28,33)/t19-,21+,22-,24-/m1/s1. The number of ether oxygens (including phenoxy) is 2. The van der Waals surface area contributed by atoms with Gasteiger partial charge < -0.3 is 31.2 Å². The number of unbranched alkanes of at least 4 members (excludes halogenated alkanes) is 12. The van der Waals surface area contributed by atoms with Gasteiger partial charge in [0.1, 0.15) is 12.2 Å². The Bertz CT molecular complexity index is 818. The summed E-state index contributed by atoms with van der Waals surface area (Å²) < 4.78 is 12.0. The zero-order valence-electron chi connectivity index (χ0n) is 21.1. The van der Waals surface area contributed by atoms with Gasteiger partial charge in [0.15, 0.2) is 18.1 Å². The molecule has 2 rings (SSSR count). The number of carbonyl (C=O) groups excluding carboxylic acids is 1. The van der Waals surface area contributed by atoms with Gasteiger partial charge in [-0.3, -0.25) is 9.36 Å². The molecule has 0 saturated carbocycles. The zero-order valence-corrected chi connectivity index (χ0v) is 21.1. The highest BCUT2D eigenvalue weighted by Gasteiger charge is 2.47. The topological polar surface area (TPSA) is 163 Å². The minimum absolute atomic E-state index is 0.0452. The predicted octanol–water partition coefficient (Wildman–Crippen LogP) is 3.05. The van der Waals surface area contributed by atoms with Crippen LogP contribution in [-0.2, 0) is 14.3 Å². The van der Waals surface area contributed by atoms with Gasteiger partial charge in [-0.05, 0) is 6.42 Å². The lowest BCUT2D eigenvalue weighted by Crippen LogP contribution is -2.39. The molecular formula is C25H44N4O6. The second-order valence-electron chi connectivity index (χ2n) is 9.46. The van der Waals surface area contributed by atoms with E-state index in [2.05, 4.69) is 11.9 Å². The molecule has 10 nitrogen and oxygen atoms in total. The van der Waals surface area contributed by atoms with Gasteiger partial charge >= 0.3 is 11.7 Å². The highest BCUT2D eigenvalue weighted by molar-refractivity contribution is 5.69. The first-order chi connectivity index (χ1) is 16.9. The lowest BCUT2D eigenvalue weighted by molar-refractivity contribution is -0.156. The molecule has 6 N–H and O–H groups in total. The number of rotatable bonds is 17. The quantitative estimate of drug-likeness (QED) is 0.187. The van der Waals surface area contributed by atoms with Crippen LogP contribution in [0.25, 0.3) is 0 Å². The maximum atomic E-state index is 12.3. The van der Waals surface area contributed by atoms with Crippen LogP contribution in [0.4, 0.5) is 11.5 Å². The number of esters is 1. The molecule has 2 heterocycles. The van der Waals surface area contributed by atoms with E-state index in [9.17, 15) is 19.8 Å². The van der Waals surface area contributed by atoms with Gasteiger partial charge in [0.25, 0.3) is 0 Å². The van der Waals surface area contributed by atoms with Gasteiger partial charge in [-0.2, -0.15) is 4.98 Å². The summed E-state index contributed by atoms with van der Waals surface area (Å²) in [4.78, 5) is 28.1. The van der Waals surface area contributed by atoms with Crippen LogP contribution in [0.2, 0.25) is 0 Å². The van der Waals surface area contributed by atoms with E-state index in [4.69, 9.17) is 20.9 Å². The maximum Gasteiger partial charge on any atom is 0.351 e. The van der Waals surface area contributed by atoms with E-state index in [1.165, 1.54) is 70.4 Å². The van der Waals surface area contributed by atoms with Crippen molar-refractivity contribution in [3.63, 3.8) is 0 Å². The summed E-state index contributed by atoms with van der Waals surface area (Å²) in [6, 6.07) is 0. The van der Waals surface area contributed by atoms with E-state index >= 15 is 0 Å². The third kappa shape index (κ3) is 9.42. The zero-order chi connectivity index (χ0) is 25.6. The molecule has 1 aliphatic rings. The molecule has 0 spiro atoms. The van der Waals surface area contributed by atoms with Crippen molar-refractivity contribution < 1.29 is 24.5 Å². The molecule has 0 aromatic carbocycles. The molecule has 1 fully saturated rings. The van der Waals surface area contributed by atoms with Crippen LogP contribution in [0.1, 0.15) is 103 Å². The van der Waals surface area contributed by atoms with E-state index in [0.717, 1.165) is 17.4 Å². The Morgan fingerprint density at radius 2 is 1.57 bits per heavy atom. The number of hydrogen-bond acceptors (Lipinski definition) is 9. The number of hydrogen-bond donors (Lipinski definition) is 4. The Labute approximate surface area is 208 Å². The second kappa shape index (κ2) is 15.7. The van der Waals surface area contributed by atoms with Gasteiger partial charge in [0, 0.05) is 12.6 Å². The summed E-state index contributed by atoms with van der Waals surface area (Å²) in [6.07, 6.45) is 12.5. The van der Waals surface area contributed by atoms with Crippen LogP contribution >= 0.6 is 0 Å². The largest absolute Gasteiger partial charge is 0.457 e. The number of nitrogens with two attached hydrogens (primary N) is 2. The average Bonchev–Trinajstić information content (AvgIpc) is 3.14. The fourth-order valence-corrected chi connectivity index (χ4v) is 4.42. The number of nitrogens with zero attached hydrogens (tertiary/aromatic N) is 2. The smallest absolute Gasteiger partial charge is 0.351 e. The monoisotopic (exact) mass is 496 g/mol. The highest BCUT2D eigenvalue weighted by Crippen LogP contribution is 2.31. The van der Waals surface area contributed by atoms with Gasteiger partial charge in [0.2, 0.25) is 0 Å². The minimum Gasteiger partial charge on any atom is -0.457 e. The van der Waals surface area contributed by atoms with Crippen LogP contribution < -0.4 is 17.2 Å². The Kier molecular flexibility index (Phi) is 13.1. The molecule has 0 bridgehead atoms. The van der Waals surface area contributed by atoms with Crippen molar-refractivity contribution in [3.05, 3.63) is 16.7 Å². The summed E-state index contributed by atoms with van der Waals surface area (Å²) in [6.45, 7) is 1.75. The van der Waals surface area contributed by atoms with Gasteiger partial charge in [-0.15, -0.1) is 0 Å². The van der Waals surface area contributed by atoms with Crippen molar-refractivity contribution in [3.8, 4) is 0 Å². The molecule has 0 amide bonds. The number of nitrogen functional groups attached to an aromatic ring is 2. The van der Waals surface area contributed by atoms with Crippen LogP contribution in [0.3, 0.4) is 0 Å². The van der Waals surface area contributed by atoms with E-state index in [1.54, 1.807) is 0 Å². The molecule has 1 aromatic heterocycles. The van der Waals surface area contributed by atoms with Gasteiger partial charge in [-0.1, -0.05) is 84.0 Å². The summed E-state index contributed by atoms with van der Waals surface area (Å²) in [7, 11) is 0. The lowest BCUT2D eigenvalue weighted by Gasteiger charge is -2.20. The summed E-state index contributed by atoms with van der Waals surface area (Å²) >= 11 is 0. The maximum absolute atomic E-state index is 12.3. The second-order valence-corrected chi connectivity index (χ2v) is 9.46. The van der Waals surface area contributed by atoms with Crippen molar-refractivity contribution in [2.75, 3.05) is 18.1 Å². The third-order valence-electron chi connectivity index (χ3n) is 6.53. The van der Waals surface area contributed by atoms with E-state index in [1.807, 2.05) is 0 Å². The molecule has 4 atom stereocenters. The van der Waals surface area contributed by atoms with Crippen molar-refractivity contribution in [2.45, 2.75) is 121 Å². The van der Waals surface area contributed by atoms with Crippen LogP contribution in [0.5, 0.6) is 0 Å². The molecule has 1 aromatic rings. The van der Waals surface area contributed by atoms with E-state index in [-0.39, 0.29) is 17.9 Å². The normalized spacial score (nSPS) is 21.9. The number of carbonyl (C=O) groups is 1. The van der Waals surface area contributed by atoms with Crippen molar-refractivity contribution in [1.82, 2.24) is 9.55 Å². The molecule has 10 heteroatoms. The minimum atomic E-state index is -1.37. The van der Waals surface area contributed by atoms with Crippen LogP contribution in [0, 0.1) is 0 Å². The van der Waals surface area contributed by atoms with Gasteiger partial charge in [0.05, 0.1) is 12.3 Å². The molecule has 200 valence electrons. The molecule has 0 aliphatic carbocycles. The fourth-order valence-electron chi connectivity index (χ4n) is 4.42. The Balaban J connectivity index is 1.64. The number of aliphatic hydroxyl groups excluding tert-OH is 2. The fraction of sp³-hybridized carbons (Fsp3) is 0.800. The van der Waals surface area contributed by atoms with Crippen molar-refractivity contribution in [1.29, 1.82) is 0 Å². The Morgan fingerprint density at radius 3 is 2.11 bits per heavy atom. The number of aromatic nitrogens is 2. The van der Waals surface area contributed by atoms with Gasteiger partial charge in [-0.25, -0.2) is 4.79 Å². The molecule has 0 radical (unpaired) electrons. The number of anilines is 2. The first kappa shape index (κ1) is 29.1. The first-order valence-corrected chi connectivity index (χ1v) is 13.2. The summed E-state index contributed by atoms with van der Waals surface area (Å²) in [5.41, 5.74) is 10.5. The molecule has 0 unspecified atom stereocenters.